The molecule has 3 aromatic rings. The number of carbonyl (C=O) groups is 1. The highest BCUT2D eigenvalue weighted by molar-refractivity contribution is 5.94. The van der Waals surface area contributed by atoms with E-state index in [-0.39, 0.29) is 11.9 Å². The summed E-state index contributed by atoms with van der Waals surface area (Å²) in [5.74, 6) is 1.18. The summed E-state index contributed by atoms with van der Waals surface area (Å²) in [7, 11) is 0. The predicted molar refractivity (Wildman–Crippen MR) is 94.4 cm³/mol. The van der Waals surface area contributed by atoms with Gasteiger partial charge in [0.15, 0.2) is 12.1 Å². The maximum absolute atomic E-state index is 13.2. The largest absolute Gasteiger partial charge is 0.447 e. The highest BCUT2D eigenvalue weighted by Crippen LogP contribution is 2.42. The van der Waals surface area contributed by atoms with Crippen LogP contribution in [-0.2, 0) is 0 Å². The lowest BCUT2D eigenvalue weighted by molar-refractivity contribution is 0.0599. The second-order valence-corrected chi connectivity index (χ2v) is 7.16. The molecule has 2 aliphatic rings. The minimum absolute atomic E-state index is 0.0130. The molecule has 1 amide bonds. The smallest absolute Gasteiger partial charge is 0.276 e. The minimum atomic E-state index is 0.0130. The van der Waals surface area contributed by atoms with Gasteiger partial charge in [-0.05, 0) is 49.6 Å². The lowest BCUT2D eigenvalue weighted by Crippen LogP contribution is -2.39. The number of oxazole rings is 1. The standard InChI is InChI=1S/C20H21N3O2/c24-20(18-19(13-8-9-13)25-12-21-18)23-10-4-3-7-17(23)16-11-14-5-1-2-6-15(14)22-16/h1-2,5-6,11-13,17,22H,3-4,7-10H2. The summed E-state index contributed by atoms with van der Waals surface area (Å²) in [6, 6.07) is 10.5. The topological polar surface area (TPSA) is 62.1 Å². The fourth-order valence-electron chi connectivity index (χ4n) is 3.96. The number of nitrogens with one attached hydrogen (secondary N) is 1. The van der Waals surface area contributed by atoms with Crippen molar-refractivity contribution in [3.8, 4) is 0 Å². The number of carbonyl (C=O) groups excluding carboxylic acids is 1. The van der Waals surface area contributed by atoms with Crippen molar-refractivity contribution in [3.05, 3.63) is 53.9 Å². The van der Waals surface area contributed by atoms with E-state index < -0.39 is 0 Å². The molecule has 1 saturated carbocycles. The van der Waals surface area contributed by atoms with Gasteiger partial charge in [0.05, 0.1) is 6.04 Å². The fourth-order valence-corrected chi connectivity index (χ4v) is 3.96. The summed E-state index contributed by atoms with van der Waals surface area (Å²) in [6.07, 6.45) is 6.77. The van der Waals surface area contributed by atoms with Crippen LogP contribution in [0.1, 0.15) is 66.0 Å². The lowest BCUT2D eigenvalue weighted by Gasteiger charge is -2.35. The molecule has 25 heavy (non-hydrogen) atoms. The number of nitrogens with zero attached hydrogens (tertiary/aromatic N) is 2. The van der Waals surface area contributed by atoms with Crippen LogP contribution >= 0.6 is 0 Å². The number of benzene rings is 1. The van der Waals surface area contributed by atoms with Crippen LogP contribution < -0.4 is 0 Å². The van der Waals surface area contributed by atoms with Gasteiger partial charge in [-0.1, -0.05) is 18.2 Å². The summed E-state index contributed by atoms with van der Waals surface area (Å²) in [4.78, 5) is 22.9. The monoisotopic (exact) mass is 335 g/mol. The van der Waals surface area contributed by atoms with E-state index in [0.29, 0.717) is 11.6 Å². The Hall–Kier alpha value is -2.56. The number of piperidine rings is 1. The van der Waals surface area contributed by atoms with E-state index in [1.165, 1.54) is 11.8 Å². The zero-order chi connectivity index (χ0) is 16.8. The Morgan fingerprint density at radius 3 is 2.92 bits per heavy atom. The van der Waals surface area contributed by atoms with Crippen LogP contribution in [0.4, 0.5) is 0 Å². The van der Waals surface area contributed by atoms with Gasteiger partial charge in [-0.2, -0.15) is 0 Å². The van der Waals surface area contributed by atoms with Crippen molar-refractivity contribution in [1.29, 1.82) is 0 Å². The molecule has 1 atom stereocenters. The molecule has 128 valence electrons. The van der Waals surface area contributed by atoms with Crippen LogP contribution in [0.3, 0.4) is 0 Å². The number of H-pyrrole nitrogens is 1. The van der Waals surface area contributed by atoms with Gasteiger partial charge in [0.25, 0.3) is 5.91 Å². The van der Waals surface area contributed by atoms with Gasteiger partial charge in [-0.3, -0.25) is 4.79 Å². The molecule has 5 nitrogen and oxygen atoms in total. The Kier molecular flexibility index (Phi) is 3.40. The van der Waals surface area contributed by atoms with Crippen molar-refractivity contribution in [3.63, 3.8) is 0 Å². The fraction of sp³-hybridized carbons (Fsp3) is 0.400. The summed E-state index contributed by atoms with van der Waals surface area (Å²) < 4.78 is 5.52. The van der Waals surface area contributed by atoms with E-state index in [4.69, 9.17) is 4.42 Å². The van der Waals surface area contributed by atoms with Gasteiger partial charge < -0.3 is 14.3 Å². The number of hydrogen-bond donors (Lipinski definition) is 1. The maximum Gasteiger partial charge on any atom is 0.276 e. The molecule has 5 heteroatoms. The molecule has 1 aliphatic carbocycles. The molecule has 2 fully saturated rings. The van der Waals surface area contributed by atoms with Crippen LogP contribution in [0.25, 0.3) is 10.9 Å². The third kappa shape index (κ3) is 2.54. The van der Waals surface area contributed by atoms with Crippen molar-refractivity contribution < 1.29 is 9.21 Å². The normalized spacial score (nSPS) is 21.0. The Labute approximate surface area is 146 Å². The molecule has 1 aromatic carbocycles. The Bertz CT molecular complexity index is 889. The Balaban J connectivity index is 1.49. The first-order chi connectivity index (χ1) is 12.3. The third-order valence-electron chi connectivity index (χ3n) is 5.42. The first-order valence-electron chi connectivity index (χ1n) is 9.13. The van der Waals surface area contributed by atoms with E-state index >= 15 is 0 Å². The number of aromatic nitrogens is 2. The number of para-hydroxylation sites is 1. The van der Waals surface area contributed by atoms with E-state index in [1.807, 2.05) is 17.0 Å². The zero-order valence-corrected chi connectivity index (χ0v) is 14.1. The predicted octanol–water partition coefficient (Wildman–Crippen LogP) is 4.40. The molecule has 1 N–H and O–H groups in total. The molecule has 0 radical (unpaired) electrons. The minimum Gasteiger partial charge on any atom is -0.447 e. The Morgan fingerprint density at radius 2 is 2.08 bits per heavy atom. The number of hydrogen-bond acceptors (Lipinski definition) is 3. The number of aromatic amines is 1. The van der Waals surface area contributed by atoms with Gasteiger partial charge in [0.2, 0.25) is 0 Å². The van der Waals surface area contributed by atoms with E-state index in [0.717, 1.165) is 55.6 Å². The summed E-state index contributed by atoms with van der Waals surface area (Å²) in [6.45, 7) is 0.774. The molecule has 1 saturated heterocycles. The lowest BCUT2D eigenvalue weighted by atomic mass is 9.98. The van der Waals surface area contributed by atoms with E-state index in [9.17, 15) is 4.79 Å². The van der Waals surface area contributed by atoms with Gasteiger partial charge in [-0.25, -0.2) is 4.98 Å². The average molecular weight is 335 g/mol. The maximum atomic E-state index is 13.2. The number of fused-ring (bicyclic) bond motifs is 1. The van der Waals surface area contributed by atoms with Gasteiger partial charge in [-0.15, -0.1) is 0 Å². The molecule has 1 aliphatic heterocycles. The van der Waals surface area contributed by atoms with Crippen molar-refractivity contribution in [2.75, 3.05) is 6.54 Å². The second-order valence-electron chi connectivity index (χ2n) is 7.16. The van der Waals surface area contributed by atoms with Crippen LogP contribution in [0, 0.1) is 0 Å². The van der Waals surface area contributed by atoms with Gasteiger partial charge in [0.1, 0.15) is 5.76 Å². The molecular weight excluding hydrogens is 314 g/mol. The van der Waals surface area contributed by atoms with Crippen molar-refractivity contribution in [2.24, 2.45) is 0 Å². The zero-order valence-electron chi connectivity index (χ0n) is 14.1. The SMILES string of the molecule is O=C(c1ncoc1C1CC1)N1CCCCC1c1cc2ccccc2[nH]1. The highest BCUT2D eigenvalue weighted by Gasteiger charge is 2.37. The first-order valence-corrected chi connectivity index (χ1v) is 9.13. The average Bonchev–Trinajstić information content (AvgIpc) is 3.22. The highest BCUT2D eigenvalue weighted by atomic mass is 16.3. The Morgan fingerprint density at radius 1 is 1.20 bits per heavy atom. The van der Waals surface area contributed by atoms with Crippen molar-refractivity contribution >= 4 is 16.8 Å². The number of amides is 1. The molecule has 3 heterocycles. The summed E-state index contributed by atoms with van der Waals surface area (Å²) in [5, 5.41) is 1.19. The van der Waals surface area contributed by atoms with Crippen LogP contribution in [0.15, 0.2) is 41.1 Å². The van der Waals surface area contributed by atoms with E-state index in [1.54, 1.807) is 0 Å². The van der Waals surface area contributed by atoms with Crippen molar-refractivity contribution in [2.45, 2.75) is 44.1 Å². The van der Waals surface area contributed by atoms with Crippen LogP contribution in [-0.4, -0.2) is 27.3 Å². The number of likely N-dealkylation sites (tertiary alicyclic amines) is 1. The summed E-state index contributed by atoms with van der Waals surface area (Å²) in [5.41, 5.74) is 2.76. The van der Waals surface area contributed by atoms with E-state index in [2.05, 4.69) is 28.2 Å². The molecule has 0 spiro atoms. The molecule has 0 bridgehead atoms. The quantitative estimate of drug-likeness (QED) is 0.771. The van der Waals surface area contributed by atoms with Gasteiger partial charge in [0, 0.05) is 23.7 Å². The van der Waals surface area contributed by atoms with Crippen molar-refractivity contribution in [1.82, 2.24) is 14.9 Å². The molecule has 2 aromatic heterocycles. The molecule has 1 unspecified atom stereocenters. The summed E-state index contributed by atoms with van der Waals surface area (Å²) >= 11 is 0. The second kappa shape index (κ2) is 5.76. The van der Waals surface area contributed by atoms with Gasteiger partial charge >= 0.3 is 0 Å². The van der Waals surface area contributed by atoms with Crippen LogP contribution in [0.5, 0.6) is 0 Å². The number of rotatable bonds is 3. The molecular formula is C20H21N3O2. The first kappa shape index (κ1) is 14.8. The van der Waals surface area contributed by atoms with Crippen LogP contribution in [0.2, 0.25) is 0 Å². The third-order valence-corrected chi connectivity index (χ3v) is 5.42. The molecule has 5 rings (SSSR count).